The summed E-state index contributed by atoms with van der Waals surface area (Å²) < 4.78 is 10.6. The fraction of sp³-hybridized carbons (Fsp3) is 0.0769. The number of para-hydroxylation sites is 2. The van der Waals surface area contributed by atoms with Crippen molar-refractivity contribution in [1.29, 1.82) is 0 Å². The minimum absolute atomic E-state index is 0.00243. The molecule has 98 valence electrons. The quantitative estimate of drug-likeness (QED) is 0.930. The predicted octanol–water partition coefficient (Wildman–Crippen LogP) is 3.23. The third-order valence-corrected chi connectivity index (χ3v) is 2.60. The van der Waals surface area contributed by atoms with E-state index in [9.17, 15) is 4.79 Å². The molecule has 6 heteroatoms. The standard InChI is InChI=1S/C13H10ClNO4/c1-18-10-4-2-3-5-11(10)19-12-9(14)6-8(7-15-12)13(16)17/h2-7H,1H3,(H,16,17). The van der Waals surface area contributed by atoms with Crippen LogP contribution in [0.2, 0.25) is 5.02 Å². The summed E-state index contributed by atoms with van der Waals surface area (Å²) in [4.78, 5) is 14.6. The topological polar surface area (TPSA) is 68.7 Å². The van der Waals surface area contributed by atoms with E-state index in [-0.39, 0.29) is 16.5 Å². The van der Waals surface area contributed by atoms with E-state index in [1.165, 1.54) is 19.4 Å². The van der Waals surface area contributed by atoms with Gasteiger partial charge in [0.2, 0.25) is 5.88 Å². The van der Waals surface area contributed by atoms with Gasteiger partial charge in [0.1, 0.15) is 5.02 Å². The Hall–Kier alpha value is -2.27. The SMILES string of the molecule is COc1ccccc1Oc1ncc(C(=O)O)cc1Cl. The van der Waals surface area contributed by atoms with Crippen molar-refractivity contribution in [2.24, 2.45) is 0 Å². The average molecular weight is 280 g/mol. The molecule has 5 nitrogen and oxygen atoms in total. The Morgan fingerprint density at radius 2 is 2.00 bits per heavy atom. The van der Waals surface area contributed by atoms with E-state index in [4.69, 9.17) is 26.2 Å². The summed E-state index contributed by atoms with van der Waals surface area (Å²) in [5, 5.41) is 8.93. The van der Waals surface area contributed by atoms with Crippen LogP contribution in [0.25, 0.3) is 0 Å². The maximum atomic E-state index is 10.8. The van der Waals surface area contributed by atoms with E-state index in [2.05, 4.69) is 4.98 Å². The average Bonchev–Trinajstić information content (AvgIpc) is 2.41. The van der Waals surface area contributed by atoms with Crippen LogP contribution in [0.3, 0.4) is 0 Å². The molecule has 0 unspecified atom stereocenters. The summed E-state index contributed by atoms with van der Waals surface area (Å²) in [6.07, 6.45) is 1.18. The number of aromatic carboxylic acids is 1. The number of hydrogen-bond acceptors (Lipinski definition) is 4. The molecule has 0 saturated heterocycles. The van der Waals surface area contributed by atoms with Crippen LogP contribution < -0.4 is 9.47 Å². The van der Waals surface area contributed by atoms with E-state index in [1.807, 2.05) is 0 Å². The molecule has 0 aliphatic rings. The molecule has 0 bridgehead atoms. The second kappa shape index (κ2) is 5.58. The van der Waals surface area contributed by atoms with Gasteiger partial charge in [0.05, 0.1) is 12.7 Å². The Bertz CT molecular complexity index is 615. The highest BCUT2D eigenvalue weighted by Gasteiger charge is 2.12. The smallest absolute Gasteiger partial charge is 0.337 e. The largest absolute Gasteiger partial charge is 0.493 e. The van der Waals surface area contributed by atoms with Gasteiger partial charge in [-0.25, -0.2) is 9.78 Å². The summed E-state index contributed by atoms with van der Waals surface area (Å²) in [6, 6.07) is 8.28. The van der Waals surface area contributed by atoms with Crippen LogP contribution in [-0.4, -0.2) is 23.2 Å². The zero-order valence-electron chi connectivity index (χ0n) is 9.96. The monoisotopic (exact) mass is 279 g/mol. The third-order valence-electron chi connectivity index (χ3n) is 2.33. The maximum Gasteiger partial charge on any atom is 0.337 e. The molecule has 0 atom stereocenters. The molecule has 1 N–H and O–H groups in total. The molecule has 0 saturated carbocycles. The summed E-state index contributed by atoms with van der Waals surface area (Å²) in [7, 11) is 1.52. The lowest BCUT2D eigenvalue weighted by Gasteiger charge is -2.10. The van der Waals surface area contributed by atoms with Crippen LogP contribution in [0.4, 0.5) is 0 Å². The van der Waals surface area contributed by atoms with Crippen LogP contribution in [0.1, 0.15) is 10.4 Å². The number of benzene rings is 1. The predicted molar refractivity (Wildman–Crippen MR) is 69.3 cm³/mol. The Morgan fingerprint density at radius 1 is 1.32 bits per heavy atom. The van der Waals surface area contributed by atoms with Crippen LogP contribution in [0, 0.1) is 0 Å². The number of ether oxygens (including phenoxy) is 2. The highest BCUT2D eigenvalue weighted by molar-refractivity contribution is 6.32. The first-order valence-electron chi connectivity index (χ1n) is 5.31. The van der Waals surface area contributed by atoms with Crippen molar-refractivity contribution < 1.29 is 19.4 Å². The van der Waals surface area contributed by atoms with Gasteiger partial charge in [-0.15, -0.1) is 0 Å². The van der Waals surface area contributed by atoms with Crippen molar-refractivity contribution >= 4 is 17.6 Å². The van der Waals surface area contributed by atoms with Gasteiger partial charge in [0, 0.05) is 6.20 Å². The summed E-state index contributed by atoms with van der Waals surface area (Å²) in [5.74, 6) is -0.000406. The van der Waals surface area contributed by atoms with Gasteiger partial charge in [0.25, 0.3) is 0 Å². The molecule has 1 heterocycles. The van der Waals surface area contributed by atoms with Crippen molar-refractivity contribution in [3.63, 3.8) is 0 Å². The molecule has 0 fully saturated rings. The van der Waals surface area contributed by atoms with Crippen LogP contribution in [0.5, 0.6) is 17.4 Å². The fourth-order valence-corrected chi connectivity index (χ4v) is 1.63. The highest BCUT2D eigenvalue weighted by Crippen LogP contribution is 2.33. The Balaban J connectivity index is 2.31. The first-order chi connectivity index (χ1) is 9.11. The number of nitrogens with zero attached hydrogens (tertiary/aromatic N) is 1. The lowest BCUT2D eigenvalue weighted by atomic mass is 10.3. The van der Waals surface area contributed by atoms with Gasteiger partial charge in [-0.2, -0.15) is 0 Å². The molecule has 2 aromatic rings. The molecular weight excluding hydrogens is 270 g/mol. The number of halogens is 1. The van der Waals surface area contributed by atoms with Crippen molar-refractivity contribution in [3.05, 3.63) is 47.1 Å². The molecule has 0 aliphatic carbocycles. The van der Waals surface area contributed by atoms with E-state index >= 15 is 0 Å². The Kier molecular flexibility index (Phi) is 3.87. The van der Waals surface area contributed by atoms with Gasteiger partial charge >= 0.3 is 5.97 Å². The van der Waals surface area contributed by atoms with E-state index in [0.29, 0.717) is 11.5 Å². The van der Waals surface area contributed by atoms with Gasteiger partial charge in [-0.3, -0.25) is 0 Å². The second-order valence-corrected chi connectivity index (χ2v) is 3.98. The number of carbonyl (C=O) groups is 1. The first kappa shape index (κ1) is 13.2. The van der Waals surface area contributed by atoms with Gasteiger partial charge in [0.15, 0.2) is 11.5 Å². The zero-order valence-corrected chi connectivity index (χ0v) is 10.7. The van der Waals surface area contributed by atoms with Gasteiger partial charge in [-0.05, 0) is 18.2 Å². The zero-order chi connectivity index (χ0) is 13.8. The molecule has 0 radical (unpaired) electrons. The first-order valence-corrected chi connectivity index (χ1v) is 5.69. The van der Waals surface area contributed by atoms with E-state index in [1.54, 1.807) is 24.3 Å². The molecule has 1 aromatic heterocycles. The number of rotatable bonds is 4. The van der Waals surface area contributed by atoms with E-state index < -0.39 is 5.97 Å². The van der Waals surface area contributed by atoms with Crippen molar-refractivity contribution in [1.82, 2.24) is 4.98 Å². The summed E-state index contributed by atoms with van der Waals surface area (Å²) >= 11 is 5.93. The number of methoxy groups -OCH3 is 1. The minimum atomic E-state index is -1.10. The maximum absolute atomic E-state index is 10.8. The number of hydrogen-bond donors (Lipinski definition) is 1. The van der Waals surface area contributed by atoms with Crippen LogP contribution >= 0.6 is 11.6 Å². The normalized spacial score (nSPS) is 10.0. The Labute approximate surface area is 114 Å². The molecular formula is C13H10ClNO4. The van der Waals surface area contributed by atoms with Crippen LogP contribution in [-0.2, 0) is 0 Å². The van der Waals surface area contributed by atoms with Gasteiger partial charge in [-0.1, -0.05) is 23.7 Å². The Morgan fingerprint density at radius 3 is 2.58 bits per heavy atom. The second-order valence-electron chi connectivity index (χ2n) is 3.57. The van der Waals surface area contributed by atoms with Crippen molar-refractivity contribution in [2.75, 3.05) is 7.11 Å². The molecule has 0 spiro atoms. The molecule has 19 heavy (non-hydrogen) atoms. The van der Waals surface area contributed by atoms with Crippen molar-refractivity contribution in [3.8, 4) is 17.4 Å². The lowest BCUT2D eigenvalue weighted by Crippen LogP contribution is -1.99. The molecule has 2 rings (SSSR count). The highest BCUT2D eigenvalue weighted by atomic mass is 35.5. The molecule has 0 amide bonds. The molecule has 1 aromatic carbocycles. The van der Waals surface area contributed by atoms with Crippen LogP contribution in [0.15, 0.2) is 36.5 Å². The summed E-state index contributed by atoms with van der Waals surface area (Å²) in [6.45, 7) is 0. The number of aromatic nitrogens is 1. The fourth-order valence-electron chi connectivity index (χ4n) is 1.42. The van der Waals surface area contributed by atoms with Crippen molar-refractivity contribution in [2.45, 2.75) is 0 Å². The number of pyridine rings is 1. The number of carboxylic acid groups (broad SMARTS) is 1. The molecule has 0 aliphatic heterocycles. The summed E-state index contributed by atoms with van der Waals surface area (Å²) in [5.41, 5.74) is -0.00243. The number of carboxylic acids is 1. The third kappa shape index (κ3) is 2.95. The lowest BCUT2D eigenvalue weighted by molar-refractivity contribution is 0.0696. The van der Waals surface area contributed by atoms with Gasteiger partial charge < -0.3 is 14.6 Å². The minimum Gasteiger partial charge on any atom is -0.493 e. The van der Waals surface area contributed by atoms with E-state index in [0.717, 1.165) is 0 Å².